The Balaban J connectivity index is 1.97. The van der Waals surface area contributed by atoms with Gasteiger partial charge in [0.15, 0.2) is 0 Å². The van der Waals surface area contributed by atoms with E-state index in [1.165, 1.54) is 0 Å². The van der Waals surface area contributed by atoms with E-state index < -0.39 is 6.04 Å². The standard InChI is InChI=1S/C29H31Cl3N2O2/c1-3-20(2)33-29(36)27(18-21-10-5-4-6-11-21)34(19-23-25(31)14-9-15-26(23)32)28(35)17-16-22-12-7-8-13-24(22)30/h4-15,20,27H,3,16-19H2,1-2H3,(H,33,36)/t20-,27+/m1/s1. The van der Waals surface area contributed by atoms with Gasteiger partial charge in [0.25, 0.3) is 0 Å². The van der Waals surface area contributed by atoms with Gasteiger partial charge in [0, 0.05) is 46.1 Å². The first-order valence-corrected chi connectivity index (χ1v) is 13.2. The third-order valence-electron chi connectivity index (χ3n) is 6.23. The molecule has 4 nitrogen and oxygen atoms in total. The monoisotopic (exact) mass is 544 g/mol. The Labute approximate surface area is 228 Å². The predicted molar refractivity (Wildman–Crippen MR) is 149 cm³/mol. The summed E-state index contributed by atoms with van der Waals surface area (Å²) in [5, 5.41) is 4.58. The maximum Gasteiger partial charge on any atom is 0.243 e. The Bertz CT molecular complexity index is 1150. The van der Waals surface area contributed by atoms with Crippen LogP contribution in [-0.4, -0.2) is 28.8 Å². The van der Waals surface area contributed by atoms with Gasteiger partial charge in [-0.05, 0) is 49.1 Å². The highest BCUT2D eigenvalue weighted by atomic mass is 35.5. The molecule has 0 aliphatic rings. The zero-order valence-electron chi connectivity index (χ0n) is 20.5. The van der Waals surface area contributed by atoms with Crippen LogP contribution in [0.15, 0.2) is 72.8 Å². The van der Waals surface area contributed by atoms with E-state index in [4.69, 9.17) is 34.8 Å². The second-order valence-corrected chi connectivity index (χ2v) is 10.1. The van der Waals surface area contributed by atoms with Gasteiger partial charge < -0.3 is 10.2 Å². The molecular formula is C29H31Cl3N2O2. The van der Waals surface area contributed by atoms with Crippen LogP contribution in [0.2, 0.25) is 15.1 Å². The van der Waals surface area contributed by atoms with Crippen LogP contribution in [0.4, 0.5) is 0 Å². The normalized spacial score (nSPS) is 12.6. The van der Waals surface area contributed by atoms with Crippen LogP contribution in [0.1, 0.15) is 43.4 Å². The van der Waals surface area contributed by atoms with Gasteiger partial charge in [0.1, 0.15) is 6.04 Å². The highest BCUT2D eigenvalue weighted by molar-refractivity contribution is 6.36. The number of nitrogens with zero attached hydrogens (tertiary/aromatic N) is 1. The summed E-state index contributed by atoms with van der Waals surface area (Å²) in [4.78, 5) is 28.9. The maximum absolute atomic E-state index is 13.8. The molecule has 0 fully saturated rings. The van der Waals surface area contributed by atoms with Crippen LogP contribution < -0.4 is 5.32 Å². The number of aryl methyl sites for hydroxylation is 1. The molecule has 2 atom stereocenters. The van der Waals surface area contributed by atoms with Crippen molar-refractivity contribution in [2.75, 3.05) is 0 Å². The molecule has 0 saturated heterocycles. The molecule has 1 N–H and O–H groups in total. The lowest BCUT2D eigenvalue weighted by Gasteiger charge is -2.33. The number of hydrogen-bond donors (Lipinski definition) is 1. The van der Waals surface area contributed by atoms with Crippen molar-refractivity contribution in [1.82, 2.24) is 10.2 Å². The Kier molecular flexibility index (Phi) is 10.7. The summed E-state index contributed by atoms with van der Waals surface area (Å²) in [6.07, 6.45) is 1.79. The average Bonchev–Trinajstić information content (AvgIpc) is 2.87. The third-order valence-corrected chi connectivity index (χ3v) is 7.31. The van der Waals surface area contributed by atoms with Gasteiger partial charge in [-0.25, -0.2) is 0 Å². The summed E-state index contributed by atoms with van der Waals surface area (Å²) >= 11 is 19.3. The molecule has 7 heteroatoms. The zero-order chi connectivity index (χ0) is 26.1. The van der Waals surface area contributed by atoms with E-state index in [0.717, 1.165) is 17.5 Å². The molecular weight excluding hydrogens is 515 g/mol. The number of carbonyl (C=O) groups excluding carboxylic acids is 2. The van der Waals surface area contributed by atoms with Crippen molar-refractivity contribution in [3.63, 3.8) is 0 Å². The van der Waals surface area contributed by atoms with E-state index in [9.17, 15) is 9.59 Å². The molecule has 3 aromatic carbocycles. The number of nitrogens with one attached hydrogen (secondary N) is 1. The van der Waals surface area contributed by atoms with Crippen LogP contribution in [0.25, 0.3) is 0 Å². The van der Waals surface area contributed by atoms with Crippen LogP contribution in [0.3, 0.4) is 0 Å². The number of halogens is 3. The molecule has 0 heterocycles. The van der Waals surface area contributed by atoms with E-state index >= 15 is 0 Å². The summed E-state index contributed by atoms with van der Waals surface area (Å²) in [5.41, 5.74) is 2.45. The second-order valence-electron chi connectivity index (χ2n) is 8.84. The van der Waals surface area contributed by atoms with Crippen molar-refractivity contribution in [2.24, 2.45) is 0 Å². The molecule has 190 valence electrons. The van der Waals surface area contributed by atoms with Crippen molar-refractivity contribution in [3.05, 3.63) is 105 Å². The van der Waals surface area contributed by atoms with E-state index in [1.54, 1.807) is 29.2 Å². The molecule has 2 amide bonds. The van der Waals surface area contributed by atoms with Gasteiger partial charge in [0.05, 0.1) is 0 Å². The Morgan fingerprint density at radius 1 is 0.861 bits per heavy atom. The van der Waals surface area contributed by atoms with E-state index in [-0.39, 0.29) is 30.8 Å². The fourth-order valence-electron chi connectivity index (χ4n) is 3.94. The molecule has 0 saturated carbocycles. The van der Waals surface area contributed by atoms with Gasteiger partial charge in [0.2, 0.25) is 11.8 Å². The summed E-state index contributed by atoms with van der Waals surface area (Å²) in [7, 11) is 0. The predicted octanol–water partition coefficient (Wildman–Crippen LogP) is 7.13. The van der Waals surface area contributed by atoms with Crippen LogP contribution in [-0.2, 0) is 29.0 Å². The Morgan fingerprint density at radius 2 is 1.47 bits per heavy atom. The molecule has 3 aromatic rings. The van der Waals surface area contributed by atoms with Crippen molar-refractivity contribution < 1.29 is 9.59 Å². The van der Waals surface area contributed by atoms with Gasteiger partial charge in [-0.15, -0.1) is 0 Å². The number of amides is 2. The lowest BCUT2D eigenvalue weighted by molar-refractivity contribution is -0.141. The minimum Gasteiger partial charge on any atom is -0.352 e. The lowest BCUT2D eigenvalue weighted by Crippen LogP contribution is -2.52. The van der Waals surface area contributed by atoms with Gasteiger partial charge in [-0.1, -0.05) is 96.3 Å². The van der Waals surface area contributed by atoms with Crippen LogP contribution >= 0.6 is 34.8 Å². The highest BCUT2D eigenvalue weighted by Crippen LogP contribution is 2.28. The van der Waals surface area contributed by atoms with Crippen LogP contribution in [0, 0.1) is 0 Å². The van der Waals surface area contributed by atoms with E-state index in [0.29, 0.717) is 33.5 Å². The van der Waals surface area contributed by atoms with Gasteiger partial charge in [-0.3, -0.25) is 9.59 Å². The Morgan fingerprint density at radius 3 is 2.11 bits per heavy atom. The number of benzene rings is 3. The highest BCUT2D eigenvalue weighted by Gasteiger charge is 2.31. The van der Waals surface area contributed by atoms with Crippen molar-refractivity contribution in [2.45, 2.75) is 58.2 Å². The van der Waals surface area contributed by atoms with Crippen LogP contribution in [0.5, 0.6) is 0 Å². The largest absolute Gasteiger partial charge is 0.352 e. The lowest BCUT2D eigenvalue weighted by atomic mass is 10.0. The quantitative estimate of drug-likeness (QED) is 0.278. The summed E-state index contributed by atoms with van der Waals surface area (Å²) in [5.74, 6) is -0.381. The van der Waals surface area contributed by atoms with Crippen molar-refractivity contribution >= 4 is 46.6 Å². The van der Waals surface area contributed by atoms with E-state index in [1.807, 2.05) is 62.4 Å². The first-order chi connectivity index (χ1) is 17.3. The number of carbonyl (C=O) groups is 2. The van der Waals surface area contributed by atoms with Gasteiger partial charge in [-0.2, -0.15) is 0 Å². The summed E-state index contributed by atoms with van der Waals surface area (Å²) in [6.45, 7) is 4.07. The molecule has 0 bridgehead atoms. The first kappa shape index (κ1) is 28.0. The third kappa shape index (κ3) is 7.73. The summed E-state index contributed by atoms with van der Waals surface area (Å²) < 4.78 is 0. The minimum absolute atomic E-state index is 0.0280. The number of rotatable bonds is 11. The minimum atomic E-state index is -0.743. The topological polar surface area (TPSA) is 49.4 Å². The smallest absolute Gasteiger partial charge is 0.243 e. The SMILES string of the molecule is CC[C@@H](C)NC(=O)[C@H](Cc1ccccc1)N(Cc1c(Cl)cccc1Cl)C(=O)CCc1ccccc1Cl. The average molecular weight is 546 g/mol. The molecule has 36 heavy (non-hydrogen) atoms. The second kappa shape index (κ2) is 13.7. The fourth-order valence-corrected chi connectivity index (χ4v) is 4.68. The number of hydrogen-bond acceptors (Lipinski definition) is 2. The molecule has 0 aliphatic carbocycles. The zero-order valence-corrected chi connectivity index (χ0v) is 22.8. The first-order valence-electron chi connectivity index (χ1n) is 12.1. The molecule has 0 aromatic heterocycles. The van der Waals surface area contributed by atoms with Crippen molar-refractivity contribution in [1.29, 1.82) is 0 Å². The van der Waals surface area contributed by atoms with Crippen molar-refractivity contribution in [3.8, 4) is 0 Å². The molecule has 0 spiro atoms. The Hall–Kier alpha value is -2.53. The maximum atomic E-state index is 13.8. The van der Waals surface area contributed by atoms with Gasteiger partial charge >= 0.3 is 0 Å². The van der Waals surface area contributed by atoms with E-state index in [2.05, 4.69) is 5.32 Å². The molecule has 0 radical (unpaired) electrons. The fraction of sp³-hybridized carbons (Fsp3) is 0.310. The summed E-state index contributed by atoms with van der Waals surface area (Å²) in [6, 6.07) is 21.6. The molecule has 3 rings (SSSR count). The molecule has 0 unspecified atom stereocenters. The molecule has 0 aliphatic heterocycles.